The molecule has 0 aliphatic carbocycles. The van der Waals surface area contributed by atoms with E-state index in [1.807, 2.05) is 6.92 Å². The van der Waals surface area contributed by atoms with Crippen LogP contribution in [0.5, 0.6) is 0 Å². The summed E-state index contributed by atoms with van der Waals surface area (Å²) in [6.45, 7) is 1.99. The van der Waals surface area contributed by atoms with E-state index in [2.05, 4.69) is 0 Å². The van der Waals surface area contributed by atoms with Gasteiger partial charge in [-0.15, -0.1) is 0 Å². The van der Waals surface area contributed by atoms with E-state index in [1.165, 1.54) is 0 Å². The lowest BCUT2D eigenvalue weighted by atomic mass is 10.0. The van der Waals surface area contributed by atoms with Crippen molar-refractivity contribution in [3.05, 3.63) is 0 Å². The van der Waals surface area contributed by atoms with Crippen molar-refractivity contribution in [2.75, 3.05) is 6.61 Å². The van der Waals surface area contributed by atoms with Crippen molar-refractivity contribution in [1.82, 2.24) is 0 Å². The van der Waals surface area contributed by atoms with Gasteiger partial charge in [0.1, 0.15) is 18.0 Å². The molecule has 0 aromatic rings. The van der Waals surface area contributed by atoms with Gasteiger partial charge in [0.05, 0.1) is 6.10 Å². The van der Waals surface area contributed by atoms with Gasteiger partial charge in [-0.1, -0.05) is 32.1 Å². The van der Waals surface area contributed by atoms with Crippen LogP contribution in [0.4, 0.5) is 0 Å². The van der Waals surface area contributed by atoms with Crippen LogP contribution in [0, 0.1) is 0 Å². The molecule has 0 bridgehead atoms. The molecule has 1 rings (SSSR count). The highest BCUT2D eigenvalue weighted by atomic mass is 16.7. The van der Waals surface area contributed by atoms with Gasteiger partial charge in [0.2, 0.25) is 0 Å². The summed E-state index contributed by atoms with van der Waals surface area (Å²) in [5.74, 6) is 0.245. The van der Waals surface area contributed by atoms with Gasteiger partial charge in [0.15, 0.2) is 12.6 Å². The maximum absolute atomic E-state index is 11.5. The second-order valence-electron chi connectivity index (χ2n) is 7.24. The third-order valence-corrected chi connectivity index (χ3v) is 4.70. The first kappa shape index (κ1) is 23.5. The molecule has 0 aromatic heterocycles. The van der Waals surface area contributed by atoms with Gasteiger partial charge in [-0.25, -0.2) is 0 Å². The summed E-state index contributed by atoms with van der Waals surface area (Å²) in [6.07, 6.45) is 4.54. The highest BCUT2D eigenvalue weighted by Gasteiger charge is 2.36. The van der Waals surface area contributed by atoms with Gasteiger partial charge in [-0.3, -0.25) is 4.79 Å². The first-order chi connectivity index (χ1) is 12.4. The maximum Gasteiger partial charge on any atom is 0.186 e. The molecule has 4 N–H and O–H groups in total. The van der Waals surface area contributed by atoms with E-state index in [0.29, 0.717) is 19.3 Å². The number of ether oxygens (including phenoxy) is 2. The first-order valence-corrected chi connectivity index (χ1v) is 9.91. The lowest BCUT2D eigenvalue weighted by Gasteiger charge is -2.35. The third kappa shape index (κ3) is 9.94. The molecule has 1 heterocycles. The highest BCUT2D eigenvalue weighted by Crippen LogP contribution is 2.22. The predicted molar refractivity (Wildman–Crippen MR) is 96.3 cm³/mol. The van der Waals surface area contributed by atoms with E-state index in [1.54, 1.807) is 0 Å². The van der Waals surface area contributed by atoms with Crippen molar-refractivity contribution in [3.8, 4) is 0 Å². The van der Waals surface area contributed by atoms with Gasteiger partial charge >= 0.3 is 0 Å². The van der Waals surface area contributed by atoms with E-state index in [0.717, 1.165) is 44.9 Å². The van der Waals surface area contributed by atoms with Gasteiger partial charge in [0, 0.05) is 25.9 Å². The SMILES string of the molecule is C[C@H](CCCCCCCCC(=O)CCCO)O[C@@H]1OC(O)[C@H](O)CC1O. The quantitative estimate of drug-likeness (QED) is 0.341. The summed E-state index contributed by atoms with van der Waals surface area (Å²) in [7, 11) is 0. The van der Waals surface area contributed by atoms with Gasteiger partial charge in [-0.2, -0.15) is 0 Å². The Morgan fingerprint density at radius 1 is 1.00 bits per heavy atom. The van der Waals surface area contributed by atoms with Crippen LogP contribution in [0.15, 0.2) is 0 Å². The highest BCUT2D eigenvalue weighted by molar-refractivity contribution is 5.78. The molecule has 0 amide bonds. The second-order valence-corrected chi connectivity index (χ2v) is 7.24. The fraction of sp³-hybridized carbons (Fsp3) is 0.947. The van der Waals surface area contributed by atoms with E-state index in [9.17, 15) is 20.1 Å². The van der Waals surface area contributed by atoms with E-state index >= 15 is 0 Å². The number of carbonyl (C=O) groups is 1. The van der Waals surface area contributed by atoms with Crippen molar-refractivity contribution >= 4 is 5.78 Å². The minimum atomic E-state index is -1.31. The number of aliphatic hydroxyl groups excluding tert-OH is 4. The predicted octanol–water partition coefficient (Wildman–Crippen LogP) is 1.64. The minimum absolute atomic E-state index is 0.0427. The summed E-state index contributed by atoms with van der Waals surface area (Å²) >= 11 is 0. The molecule has 1 saturated heterocycles. The fourth-order valence-corrected chi connectivity index (χ4v) is 3.08. The zero-order valence-electron chi connectivity index (χ0n) is 15.9. The number of hydrogen-bond acceptors (Lipinski definition) is 7. The Balaban J connectivity index is 1.98. The molecule has 7 nitrogen and oxygen atoms in total. The summed E-state index contributed by atoms with van der Waals surface area (Å²) in [5.41, 5.74) is 0. The molecule has 154 valence electrons. The average molecular weight is 376 g/mol. The fourth-order valence-electron chi connectivity index (χ4n) is 3.08. The maximum atomic E-state index is 11.5. The standard InChI is InChI=1S/C19H36O7/c1-14(25-19-17(23)13-16(22)18(24)26-19)9-6-4-2-3-5-7-10-15(21)11-8-12-20/h14,16-20,22-24H,2-13H2,1H3/t14-,16-,17?,18?,19-/m1/s1. The lowest BCUT2D eigenvalue weighted by molar-refractivity contribution is -0.322. The molecule has 26 heavy (non-hydrogen) atoms. The largest absolute Gasteiger partial charge is 0.396 e. The molecule has 1 aliphatic rings. The molecule has 0 aromatic carbocycles. The van der Waals surface area contributed by atoms with Crippen molar-refractivity contribution in [1.29, 1.82) is 0 Å². The Morgan fingerprint density at radius 3 is 2.31 bits per heavy atom. The normalized spacial score (nSPS) is 27.4. The van der Waals surface area contributed by atoms with Crippen LogP contribution >= 0.6 is 0 Å². The zero-order valence-corrected chi connectivity index (χ0v) is 15.9. The van der Waals surface area contributed by atoms with E-state index < -0.39 is 24.8 Å². The molecule has 0 spiro atoms. The number of ketones is 1. The Bertz CT molecular complexity index is 377. The smallest absolute Gasteiger partial charge is 0.186 e. The second kappa shape index (κ2) is 13.6. The number of aliphatic hydroxyl groups is 4. The summed E-state index contributed by atoms with van der Waals surface area (Å²) in [6, 6.07) is 0. The van der Waals surface area contributed by atoms with E-state index in [-0.39, 0.29) is 24.9 Å². The molecule has 5 atom stereocenters. The van der Waals surface area contributed by atoms with Crippen LogP contribution in [0.25, 0.3) is 0 Å². The Hall–Kier alpha value is -0.570. The van der Waals surface area contributed by atoms with Crippen LogP contribution in [0.2, 0.25) is 0 Å². The van der Waals surface area contributed by atoms with Crippen LogP contribution in [-0.2, 0) is 14.3 Å². The van der Waals surface area contributed by atoms with Crippen molar-refractivity contribution < 1.29 is 34.7 Å². The first-order valence-electron chi connectivity index (χ1n) is 9.91. The molecule has 2 unspecified atom stereocenters. The van der Waals surface area contributed by atoms with Gasteiger partial charge < -0.3 is 29.9 Å². The Labute approximate surface area is 156 Å². The van der Waals surface area contributed by atoms with E-state index in [4.69, 9.17) is 14.6 Å². The van der Waals surface area contributed by atoms with Crippen LogP contribution < -0.4 is 0 Å². The van der Waals surface area contributed by atoms with Crippen molar-refractivity contribution in [2.45, 2.75) is 108 Å². The van der Waals surface area contributed by atoms with Crippen LogP contribution in [0.3, 0.4) is 0 Å². The molecule has 1 fully saturated rings. The number of unbranched alkanes of at least 4 members (excludes halogenated alkanes) is 5. The minimum Gasteiger partial charge on any atom is -0.396 e. The zero-order chi connectivity index (χ0) is 19.4. The molecule has 0 saturated carbocycles. The molecule has 7 heteroatoms. The molecule has 1 aliphatic heterocycles. The van der Waals surface area contributed by atoms with Crippen molar-refractivity contribution in [3.63, 3.8) is 0 Å². The van der Waals surface area contributed by atoms with Crippen LogP contribution in [0.1, 0.15) is 77.6 Å². The summed E-state index contributed by atoms with van der Waals surface area (Å²) < 4.78 is 10.7. The summed E-state index contributed by atoms with van der Waals surface area (Å²) in [4.78, 5) is 11.5. The number of carbonyl (C=O) groups excluding carboxylic acids is 1. The average Bonchev–Trinajstić information content (AvgIpc) is 2.60. The molecular weight excluding hydrogens is 340 g/mol. The number of Topliss-reactive ketones (excluding diaryl/α,β-unsaturated/α-hetero) is 1. The van der Waals surface area contributed by atoms with Crippen molar-refractivity contribution in [2.24, 2.45) is 0 Å². The summed E-state index contributed by atoms with van der Waals surface area (Å²) in [5, 5.41) is 37.4. The topological polar surface area (TPSA) is 116 Å². The lowest BCUT2D eigenvalue weighted by Crippen LogP contribution is -2.49. The Kier molecular flexibility index (Phi) is 12.3. The van der Waals surface area contributed by atoms with Crippen LogP contribution in [-0.4, -0.2) is 63.7 Å². The Morgan fingerprint density at radius 2 is 1.62 bits per heavy atom. The monoisotopic (exact) mass is 376 g/mol. The third-order valence-electron chi connectivity index (χ3n) is 4.70. The van der Waals surface area contributed by atoms with Gasteiger partial charge in [0.25, 0.3) is 0 Å². The number of hydrogen-bond donors (Lipinski definition) is 4. The van der Waals surface area contributed by atoms with Gasteiger partial charge in [-0.05, 0) is 26.2 Å². The number of rotatable bonds is 14. The molecular formula is C19H36O7. The molecule has 0 radical (unpaired) electrons.